The van der Waals surface area contributed by atoms with Gasteiger partial charge in [-0.15, -0.1) is 0 Å². The molecule has 0 aliphatic carbocycles. The third-order valence-corrected chi connectivity index (χ3v) is 7.41. The van der Waals surface area contributed by atoms with Gasteiger partial charge < -0.3 is 35.2 Å². The van der Waals surface area contributed by atoms with Gasteiger partial charge in [0, 0.05) is 20.0 Å². The number of amides is 4. The molecule has 3 rings (SSSR count). The number of nitrogens with zero attached hydrogens (tertiary/aromatic N) is 2. The second-order valence-electron chi connectivity index (χ2n) is 11.7. The van der Waals surface area contributed by atoms with Gasteiger partial charge in [0.1, 0.15) is 24.4 Å². The highest BCUT2D eigenvalue weighted by atomic mass is 16.5. The number of benzene rings is 1. The molecule has 40 heavy (non-hydrogen) atoms. The van der Waals surface area contributed by atoms with Crippen LogP contribution in [0.15, 0.2) is 24.3 Å². The van der Waals surface area contributed by atoms with Crippen molar-refractivity contribution in [2.24, 2.45) is 5.92 Å². The van der Waals surface area contributed by atoms with Gasteiger partial charge in [-0.05, 0) is 56.2 Å². The quantitative estimate of drug-likeness (QED) is 0.184. The number of nitrogens with one attached hydrogen (secondary N) is 3. The molecule has 4 amide bonds. The van der Waals surface area contributed by atoms with Gasteiger partial charge in [0.25, 0.3) is 0 Å². The Morgan fingerprint density at radius 2 is 1.82 bits per heavy atom. The zero-order valence-electron chi connectivity index (χ0n) is 24.3. The van der Waals surface area contributed by atoms with Gasteiger partial charge >= 0.3 is 0 Å². The maximum atomic E-state index is 13.8. The van der Waals surface area contributed by atoms with E-state index in [9.17, 15) is 24.3 Å². The number of unbranched alkanes of at least 4 members (excludes halogenated alkanes) is 2. The van der Waals surface area contributed by atoms with Crippen molar-refractivity contribution in [3.63, 3.8) is 0 Å². The van der Waals surface area contributed by atoms with Crippen LogP contribution in [-0.2, 0) is 19.2 Å². The topological polar surface area (TPSA) is 137 Å². The number of carbonyl (C=O) groups is 4. The monoisotopic (exact) mass is 560 g/mol. The molecule has 11 heteroatoms. The number of quaternary nitrogens is 1. The average molecular weight is 561 g/mol. The van der Waals surface area contributed by atoms with E-state index in [-0.39, 0.29) is 43.3 Å². The van der Waals surface area contributed by atoms with Crippen LogP contribution in [-0.4, -0.2) is 104 Å². The van der Waals surface area contributed by atoms with Crippen LogP contribution in [0, 0.1) is 5.92 Å². The molecule has 4 atom stereocenters. The first-order valence-electron chi connectivity index (χ1n) is 14.3. The van der Waals surface area contributed by atoms with Crippen molar-refractivity contribution >= 4 is 23.6 Å². The first-order valence-corrected chi connectivity index (χ1v) is 14.3. The Morgan fingerprint density at radius 3 is 2.52 bits per heavy atom. The molecule has 2 aliphatic rings. The number of carbonyl (C=O) groups excluding carboxylic acids is 4. The third-order valence-electron chi connectivity index (χ3n) is 7.41. The Kier molecular flexibility index (Phi) is 11.3. The summed E-state index contributed by atoms with van der Waals surface area (Å²) in [6.07, 6.45) is 3.85. The minimum Gasteiger partial charge on any atom is -0.491 e. The van der Waals surface area contributed by atoms with Crippen molar-refractivity contribution in [3.05, 3.63) is 29.8 Å². The molecule has 4 N–H and O–H groups in total. The second-order valence-corrected chi connectivity index (χ2v) is 11.7. The summed E-state index contributed by atoms with van der Waals surface area (Å²) in [4.78, 5) is 53.2. The molecule has 2 aliphatic heterocycles. The molecule has 2 saturated heterocycles. The van der Waals surface area contributed by atoms with Gasteiger partial charge in [0.05, 0.1) is 46.3 Å². The fourth-order valence-corrected chi connectivity index (χ4v) is 5.49. The van der Waals surface area contributed by atoms with Crippen LogP contribution in [0.4, 0.5) is 0 Å². The zero-order chi connectivity index (χ0) is 29.3. The van der Waals surface area contributed by atoms with Crippen molar-refractivity contribution in [2.75, 3.05) is 54.0 Å². The van der Waals surface area contributed by atoms with Crippen LogP contribution >= 0.6 is 0 Å². The van der Waals surface area contributed by atoms with Gasteiger partial charge in [-0.3, -0.25) is 19.2 Å². The number of piperazine rings is 1. The Labute approximate surface area is 237 Å². The van der Waals surface area contributed by atoms with E-state index in [0.29, 0.717) is 38.1 Å². The number of fused-ring (bicyclic) bond motifs is 1. The molecule has 2 heterocycles. The first kappa shape index (κ1) is 31.3. The summed E-state index contributed by atoms with van der Waals surface area (Å²) in [5.41, 5.74) is 0.718. The SMILES string of the molecule is CC(=O)NCCCC[C@@H]1NC(=O)[C@@H]2C[C@H](C(=O)NCCCC[N+](C)(C)C)[C@H](c3cccc(OCCO)c3)N2C1=O. The van der Waals surface area contributed by atoms with E-state index in [1.54, 1.807) is 23.1 Å². The van der Waals surface area contributed by atoms with Gasteiger partial charge in [-0.25, -0.2) is 0 Å². The van der Waals surface area contributed by atoms with Gasteiger partial charge in [0.2, 0.25) is 23.6 Å². The largest absolute Gasteiger partial charge is 0.491 e. The molecular weight excluding hydrogens is 514 g/mol. The highest BCUT2D eigenvalue weighted by molar-refractivity contribution is 5.99. The molecular formula is C29H46N5O6+. The predicted molar refractivity (Wildman–Crippen MR) is 150 cm³/mol. The van der Waals surface area contributed by atoms with Crippen LogP contribution < -0.4 is 20.7 Å². The summed E-state index contributed by atoms with van der Waals surface area (Å²) in [7, 11) is 6.40. The lowest BCUT2D eigenvalue weighted by Crippen LogP contribution is -2.61. The molecule has 0 bridgehead atoms. The fraction of sp³-hybridized carbons (Fsp3) is 0.655. The molecule has 11 nitrogen and oxygen atoms in total. The number of ether oxygens (including phenoxy) is 1. The maximum absolute atomic E-state index is 13.8. The van der Waals surface area contributed by atoms with Gasteiger partial charge in [-0.2, -0.15) is 0 Å². The summed E-state index contributed by atoms with van der Waals surface area (Å²) in [6.45, 7) is 3.49. The molecule has 0 spiro atoms. The smallest absolute Gasteiger partial charge is 0.246 e. The lowest BCUT2D eigenvalue weighted by Gasteiger charge is -2.38. The Balaban J connectivity index is 1.78. The highest BCUT2D eigenvalue weighted by Gasteiger charge is 2.54. The van der Waals surface area contributed by atoms with E-state index < -0.39 is 24.0 Å². The van der Waals surface area contributed by atoms with E-state index in [1.165, 1.54) is 6.92 Å². The summed E-state index contributed by atoms with van der Waals surface area (Å²) in [6, 6.07) is 5.16. The summed E-state index contributed by atoms with van der Waals surface area (Å²) >= 11 is 0. The maximum Gasteiger partial charge on any atom is 0.246 e. The van der Waals surface area contributed by atoms with Gasteiger partial charge in [0.15, 0.2) is 0 Å². The summed E-state index contributed by atoms with van der Waals surface area (Å²) < 4.78 is 6.46. The molecule has 222 valence electrons. The Bertz CT molecular complexity index is 1040. The van der Waals surface area contributed by atoms with Crippen molar-refractivity contribution in [1.29, 1.82) is 0 Å². The lowest BCUT2D eigenvalue weighted by atomic mass is 9.92. The standard InChI is InChI=1S/C29H45N5O6/c1-20(36)30-13-6-5-12-24-29(39)33-25(28(38)32-24)19-23(27(37)31-14-7-8-15-34(2,3)4)26(33)21-10-9-11-22(18-21)40-17-16-35/h9-11,18,23-26,35H,5-8,12-17,19H2,1-4H3,(H2-,30,31,32,36,37,38)/p+1/t23-,24-,25-,26-/m0/s1. The first-order chi connectivity index (χ1) is 19.0. The van der Waals surface area contributed by atoms with E-state index in [0.717, 1.165) is 29.4 Å². The van der Waals surface area contributed by atoms with Gasteiger partial charge in [-0.1, -0.05) is 12.1 Å². The number of rotatable bonds is 15. The number of aliphatic hydroxyl groups is 1. The molecule has 0 saturated carbocycles. The average Bonchev–Trinajstić information content (AvgIpc) is 3.31. The lowest BCUT2D eigenvalue weighted by molar-refractivity contribution is -0.870. The molecule has 1 aromatic rings. The van der Waals surface area contributed by atoms with Crippen molar-refractivity contribution in [1.82, 2.24) is 20.9 Å². The van der Waals surface area contributed by atoms with Crippen LogP contribution in [0.25, 0.3) is 0 Å². The van der Waals surface area contributed by atoms with Crippen molar-refractivity contribution < 1.29 is 33.5 Å². The number of hydrogen-bond acceptors (Lipinski definition) is 6. The minimum atomic E-state index is -0.732. The number of aliphatic hydroxyl groups excluding tert-OH is 1. The molecule has 0 aromatic heterocycles. The van der Waals surface area contributed by atoms with Crippen molar-refractivity contribution in [2.45, 2.75) is 63.6 Å². The third kappa shape index (κ3) is 8.66. The fourth-order valence-electron chi connectivity index (χ4n) is 5.49. The van der Waals surface area contributed by atoms with Crippen molar-refractivity contribution in [3.8, 4) is 5.75 Å². The van der Waals surface area contributed by atoms with Crippen LogP contribution in [0.5, 0.6) is 5.75 Å². The Hall–Kier alpha value is -3.18. The number of hydrogen-bond donors (Lipinski definition) is 4. The van der Waals surface area contributed by atoms with Crippen LogP contribution in [0.3, 0.4) is 0 Å². The summed E-state index contributed by atoms with van der Waals surface area (Å²) in [5.74, 6) is -0.787. The summed E-state index contributed by atoms with van der Waals surface area (Å²) in [5, 5.41) is 17.8. The predicted octanol–water partition coefficient (Wildman–Crippen LogP) is 0.723. The van der Waals surface area contributed by atoms with Crippen LogP contribution in [0.1, 0.15) is 57.1 Å². The molecule has 2 fully saturated rings. The molecule has 0 radical (unpaired) electrons. The highest BCUT2D eigenvalue weighted by Crippen LogP contribution is 2.44. The van der Waals surface area contributed by atoms with E-state index in [2.05, 4.69) is 37.1 Å². The zero-order valence-corrected chi connectivity index (χ0v) is 24.3. The second kappa shape index (κ2) is 14.5. The van der Waals surface area contributed by atoms with E-state index in [4.69, 9.17) is 4.74 Å². The molecule has 1 aromatic carbocycles. The Morgan fingerprint density at radius 1 is 1.10 bits per heavy atom. The minimum absolute atomic E-state index is 0.104. The van der Waals surface area contributed by atoms with Crippen LogP contribution in [0.2, 0.25) is 0 Å². The normalized spacial score (nSPS) is 22.5. The molecule has 0 unspecified atom stereocenters. The van der Waals surface area contributed by atoms with E-state index in [1.807, 2.05) is 6.07 Å². The van der Waals surface area contributed by atoms with E-state index >= 15 is 0 Å².